The molecule has 2 saturated heterocycles. The predicted octanol–water partition coefficient (Wildman–Crippen LogP) is 1.23. The Hall–Kier alpha value is -1.97. The number of hydrogen-bond acceptors (Lipinski definition) is 4. The van der Waals surface area contributed by atoms with Crippen LogP contribution in [0.3, 0.4) is 0 Å². The topological polar surface area (TPSA) is 107 Å². The first-order valence-electron chi connectivity index (χ1n) is 9.62. The average molecular weight is 410 g/mol. The van der Waals surface area contributed by atoms with Crippen LogP contribution in [-0.4, -0.2) is 66.8 Å². The molecule has 9 heteroatoms. The van der Waals surface area contributed by atoms with E-state index in [1.165, 1.54) is 4.31 Å². The van der Waals surface area contributed by atoms with Gasteiger partial charge in [0, 0.05) is 37.8 Å². The van der Waals surface area contributed by atoms with Gasteiger partial charge in [0.2, 0.25) is 0 Å². The van der Waals surface area contributed by atoms with Crippen LogP contribution in [0.2, 0.25) is 0 Å². The summed E-state index contributed by atoms with van der Waals surface area (Å²) in [5.41, 5.74) is 1.73. The number of nitrogens with zero attached hydrogens (tertiary/aromatic N) is 2. The van der Waals surface area contributed by atoms with Gasteiger partial charge in [-0.3, -0.25) is 9.59 Å². The average Bonchev–Trinajstić information content (AvgIpc) is 2.68. The zero-order valence-corrected chi connectivity index (χ0v) is 16.8. The third kappa shape index (κ3) is 4.89. The SMILES string of the molecule is Cc1ccc(C(=O)N2CCC(NS(=O)(=O)N3CCCC(C(=O)O)C3)CC2)cc1. The minimum Gasteiger partial charge on any atom is -0.481 e. The molecule has 0 aliphatic carbocycles. The summed E-state index contributed by atoms with van der Waals surface area (Å²) in [6.07, 6.45) is 2.11. The van der Waals surface area contributed by atoms with Crippen molar-refractivity contribution in [2.45, 2.75) is 38.6 Å². The zero-order chi connectivity index (χ0) is 20.3. The molecule has 28 heavy (non-hydrogen) atoms. The van der Waals surface area contributed by atoms with Crippen LogP contribution in [0.5, 0.6) is 0 Å². The summed E-state index contributed by atoms with van der Waals surface area (Å²) < 4.78 is 29.2. The van der Waals surface area contributed by atoms with Gasteiger partial charge in [0.05, 0.1) is 5.92 Å². The third-order valence-corrected chi connectivity index (χ3v) is 7.11. The van der Waals surface area contributed by atoms with Crippen molar-refractivity contribution in [2.24, 2.45) is 5.92 Å². The van der Waals surface area contributed by atoms with Gasteiger partial charge in [-0.1, -0.05) is 17.7 Å². The maximum Gasteiger partial charge on any atom is 0.307 e. The van der Waals surface area contributed by atoms with Gasteiger partial charge in [0.1, 0.15) is 0 Å². The molecule has 0 radical (unpaired) electrons. The van der Waals surface area contributed by atoms with Crippen LogP contribution in [-0.2, 0) is 15.0 Å². The van der Waals surface area contributed by atoms with Crippen molar-refractivity contribution in [3.63, 3.8) is 0 Å². The first kappa shape index (κ1) is 20.8. The van der Waals surface area contributed by atoms with Gasteiger partial charge in [0.15, 0.2) is 0 Å². The lowest BCUT2D eigenvalue weighted by Gasteiger charge is -2.35. The minimum atomic E-state index is -3.73. The molecule has 1 atom stereocenters. The minimum absolute atomic E-state index is 0.00935. The van der Waals surface area contributed by atoms with Crippen LogP contribution >= 0.6 is 0 Å². The highest BCUT2D eigenvalue weighted by Crippen LogP contribution is 2.21. The van der Waals surface area contributed by atoms with Crippen LogP contribution in [0.15, 0.2) is 24.3 Å². The van der Waals surface area contributed by atoms with Gasteiger partial charge < -0.3 is 10.0 Å². The number of rotatable bonds is 5. The van der Waals surface area contributed by atoms with Crippen LogP contribution in [0, 0.1) is 12.8 Å². The summed E-state index contributed by atoms with van der Waals surface area (Å²) in [5.74, 6) is -1.65. The largest absolute Gasteiger partial charge is 0.481 e. The van der Waals surface area contributed by atoms with E-state index in [4.69, 9.17) is 5.11 Å². The predicted molar refractivity (Wildman–Crippen MR) is 104 cm³/mol. The smallest absolute Gasteiger partial charge is 0.307 e. The number of aryl methyl sites for hydroxylation is 1. The Morgan fingerprint density at radius 1 is 1.07 bits per heavy atom. The van der Waals surface area contributed by atoms with E-state index in [0.29, 0.717) is 50.9 Å². The fourth-order valence-corrected chi connectivity index (χ4v) is 5.28. The molecule has 1 aromatic rings. The van der Waals surface area contributed by atoms with E-state index in [1.54, 1.807) is 4.90 Å². The lowest BCUT2D eigenvalue weighted by molar-refractivity contribution is -0.142. The van der Waals surface area contributed by atoms with Gasteiger partial charge in [-0.2, -0.15) is 17.4 Å². The van der Waals surface area contributed by atoms with E-state index >= 15 is 0 Å². The molecule has 3 rings (SSSR count). The fourth-order valence-electron chi connectivity index (χ4n) is 3.73. The molecule has 1 unspecified atom stereocenters. The molecule has 154 valence electrons. The molecule has 2 heterocycles. The molecule has 0 bridgehead atoms. The zero-order valence-electron chi connectivity index (χ0n) is 16.0. The Balaban J connectivity index is 1.54. The van der Waals surface area contributed by atoms with Gasteiger partial charge in [0.25, 0.3) is 16.1 Å². The normalized spacial score (nSPS) is 22.2. The van der Waals surface area contributed by atoms with Gasteiger partial charge in [-0.25, -0.2) is 0 Å². The van der Waals surface area contributed by atoms with Crippen molar-refractivity contribution in [1.82, 2.24) is 13.9 Å². The molecule has 0 spiro atoms. The molecule has 2 aliphatic rings. The Kier molecular flexibility index (Phi) is 6.36. The highest BCUT2D eigenvalue weighted by atomic mass is 32.2. The molecule has 2 N–H and O–H groups in total. The number of amides is 1. The highest BCUT2D eigenvalue weighted by Gasteiger charge is 2.34. The van der Waals surface area contributed by atoms with E-state index in [-0.39, 0.29) is 18.5 Å². The molecule has 2 aliphatic heterocycles. The van der Waals surface area contributed by atoms with Gasteiger partial charge in [-0.05, 0) is 44.7 Å². The molecule has 1 amide bonds. The summed E-state index contributed by atoms with van der Waals surface area (Å²) in [7, 11) is -3.73. The van der Waals surface area contributed by atoms with Crippen molar-refractivity contribution in [2.75, 3.05) is 26.2 Å². The molecule has 0 saturated carbocycles. The quantitative estimate of drug-likeness (QED) is 0.761. The van der Waals surface area contributed by atoms with Crippen LogP contribution in [0.25, 0.3) is 0 Å². The van der Waals surface area contributed by atoms with E-state index in [9.17, 15) is 18.0 Å². The summed E-state index contributed by atoms with van der Waals surface area (Å²) in [4.78, 5) is 25.5. The van der Waals surface area contributed by atoms with Crippen LogP contribution in [0.1, 0.15) is 41.6 Å². The number of nitrogens with one attached hydrogen (secondary N) is 1. The number of likely N-dealkylation sites (tertiary alicyclic amines) is 1. The Morgan fingerprint density at radius 3 is 2.32 bits per heavy atom. The number of benzene rings is 1. The Labute approximate surface area is 165 Å². The third-order valence-electron chi connectivity index (χ3n) is 5.47. The molecular formula is C19H27N3O5S. The summed E-state index contributed by atoms with van der Waals surface area (Å²) in [6.45, 7) is 3.28. The Morgan fingerprint density at radius 2 is 1.71 bits per heavy atom. The van der Waals surface area contributed by atoms with E-state index in [0.717, 1.165) is 5.56 Å². The molecule has 8 nitrogen and oxygen atoms in total. The molecule has 0 aromatic heterocycles. The van der Waals surface area contributed by atoms with Crippen LogP contribution in [0.4, 0.5) is 0 Å². The number of carbonyl (C=O) groups is 2. The second-order valence-electron chi connectivity index (χ2n) is 7.59. The van der Waals surface area contributed by atoms with Crippen molar-refractivity contribution in [3.8, 4) is 0 Å². The number of hydrogen-bond donors (Lipinski definition) is 2. The summed E-state index contributed by atoms with van der Waals surface area (Å²) in [6, 6.07) is 7.16. The molecular weight excluding hydrogens is 382 g/mol. The second-order valence-corrected chi connectivity index (χ2v) is 9.29. The lowest BCUT2D eigenvalue weighted by atomic mass is 10.0. The van der Waals surface area contributed by atoms with E-state index in [2.05, 4.69) is 4.72 Å². The number of aliphatic carboxylic acids is 1. The van der Waals surface area contributed by atoms with Crippen molar-refractivity contribution in [3.05, 3.63) is 35.4 Å². The molecule has 1 aromatic carbocycles. The van der Waals surface area contributed by atoms with Gasteiger partial charge in [-0.15, -0.1) is 0 Å². The lowest BCUT2D eigenvalue weighted by Crippen LogP contribution is -2.52. The Bertz CT molecular complexity index is 816. The van der Waals surface area contributed by atoms with Crippen molar-refractivity contribution >= 4 is 22.1 Å². The highest BCUT2D eigenvalue weighted by molar-refractivity contribution is 7.87. The number of piperidine rings is 2. The van der Waals surface area contributed by atoms with Gasteiger partial charge >= 0.3 is 5.97 Å². The maximum atomic E-state index is 12.6. The number of carboxylic acids is 1. The van der Waals surface area contributed by atoms with Crippen molar-refractivity contribution < 1.29 is 23.1 Å². The van der Waals surface area contributed by atoms with Crippen LogP contribution < -0.4 is 4.72 Å². The maximum absolute atomic E-state index is 12.6. The van der Waals surface area contributed by atoms with E-state index < -0.39 is 22.1 Å². The first-order valence-corrected chi connectivity index (χ1v) is 11.1. The van der Waals surface area contributed by atoms with Crippen molar-refractivity contribution in [1.29, 1.82) is 0 Å². The second kappa shape index (κ2) is 8.59. The molecule has 2 fully saturated rings. The van der Waals surface area contributed by atoms with E-state index in [1.807, 2.05) is 31.2 Å². The summed E-state index contributed by atoms with van der Waals surface area (Å²) >= 11 is 0. The number of carbonyl (C=O) groups excluding carboxylic acids is 1. The monoisotopic (exact) mass is 409 g/mol. The fraction of sp³-hybridized carbons (Fsp3) is 0.579. The summed E-state index contributed by atoms with van der Waals surface area (Å²) in [5, 5.41) is 9.15. The standard InChI is InChI=1S/C19H27N3O5S/c1-14-4-6-15(7-5-14)18(23)21-11-8-17(9-12-21)20-28(26,27)22-10-2-3-16(13-22)19(24)25/h4-7,16-17,20H,2-3,8-13H2,1H3,(H,24,25). The first-order chi connectivity index (χ1) is 13.3. The number of carboxylic acid groups (broad SMARTS) is 1.